The molecule has 0 spiro atoms. The van der Waals surface area contributed by atoms with Crippen LogP contribution in [0.5, 0.6) is 5.75 Å². The molecular formula is C15H11F2NOS. The zero-order valence-electron chi connectivity index (χ0n) is 10.5. The molecule has 0 aliphatic heterocycles. The Hall–Kier alpha value is -2.01. The van der Waals surface area contributed by atoms with Gasteiger partial charge in [-0.2, -0.15) is 0 Å². The fraction of sp³-hybridized carbons (Fsp3) is 0.133. The first-order valence-electron chi connectivity index (χ1n) is 6.11. The standard InChI is InChI=1S/C15H11F2NOS/c16-7-8-19-12-5-6-13-14(9-12)20-15(18-13)10-1-3-11(17)4-2-10/h1-6,9H,7-8H2. The summed E-state index contributed by atoms with van der Waals surface area (Å²) in [6.45, 7) is -0.462. The topological polar surface area (TPSA) is 22.1 Å². The van der Waals surface area contributed by atoms with Crippen LogP contribution in [0.15, 0.2) is 42.5 Å². The molecule has 1 aromatic heterocycles. The normalized spacial score (nSPS) is 10.9. The van der Waals surface area contributed by atoms with E-state index in [9.17, 15) is 8.78 Å². The van der Waals surface area contributed by atoms with E-state index in [-0.39, 0.29) is 12.4 Å². The molecule has 3 rings (SSSR count). The second-order valence-electron chi connectivity index (χ2n) is 4.19. The number of hydrogen-bond donors (Lipinski definition) is 0. The molecule has 0 aliphatic rings. The van der Waals surface area contributed by atoms with E-state index in [1.807, 2.05) is 12.1 Å². The molecule has 0 bridgehead atoms. The fourth-order valence-corrected chi connectivity index (χ4v) is 2.87. The summed E-state index contributed by atoms with van der Waals surface area (Å²) in [7, 11) is 0. The van der Waals surface area contributed by atoms with Gasteiger partial charge in [0, 0.05) is 5.56 Å². The smallest absolute Gasteiger partial charge is 0.124 e. The highest BCUT2D eigenvalue weighted by Gasteiger charge is 2.07. The number of aromatic nitrogens is 1. The predicted molar refractivity (Wildman–Crippen MR) is 76.5 cm³/mol. The lowest BCUT2D eigenvalue weighted by Crippen LogP contribution is -1.97. The third-order valence-corrected chi connectivity index (χ3v) is 3.86. The summed E-state index contributed by atoms with van der Waals surface area (Å²) < 4.78 is 31.2. The fourth-order valence-electron chi connectivity index (χ4n) is 1.87. The molecule has 0 fully saturated rings. The van der Waals surface area contributed by atoms with Gasteiger partial charge in [-0.1, -0.05) is 0 Å². The molecule has 0 aliphatic carbocycles. The van der Waals surface area contributed by atoms with Crippen LogP contribution in [0, 0.1) is 5.82 Å². The van der Waals surface area contributed by atoms with Gasteiger partial charge < -0.3 is 4.74 Å². The highest BCUT2D eigenvalue weighted by molar-refractivity contribution is 7.21. The van der Waals surface area contributed by atoms with Crippen molar-refractivity contribution in [2.24, 2.45) is 0 Å². The van der Waals surface area contributed by atoms with Crippen molar-refractivity contribution in [2.45, 2.75) is 0 Å². The lowest BCUT2D eigenvalue weighted by atomic mass is 10.2. The van der Waals surface area contributed by atoms with Crippen molar-refractivity contribution in [1.29, 1.82) is 0 Å². The molecule has 2 nitrogen and oxygen atoms in total. The summed E-state index contributed by atoms with van der Waals surface area (Å²) in [6, 6.07) is 11.7. The van der Waals surface area contributed by atoms with Crippen molar-refractivity contribution in [3.8, 4) is 16.3 Å². The van der Waals surface area contributed by atoms with Crippen LogP contribution in [0.25, 0.3) is 20.8 Å². The summed E-state index contributed by atoms with van der Waals surface area (Å²) in [5, 5.41) is 0.822. The number of ether oxygens (including phenoxy) is 1. The first kappa shape index (κ1) is 13.0. The largest absolute Gasteiger partial charge is 0.491 e. The van der Waals surface area contributed by atoms with Crippen molar-refractivity contribution in [2.75, 3.05) is 13.3 Å². The maximum absolute atomic E-state index is 12.9. The van der Waals surface area contributed by atoms with E-state index in [4.69, 9.17) is 4.74 Å². The number of fused-ring (bicyclic) bond motifs is 1. The molecule has 0 unspecified atom stereocenters. The summed E-state index contributed by atoms with van der Waals surface area (Å²) >= 11 is 1.50. The van der Waals surface area contributed by atoms with E-state index >= 15 is 0 Å². The Labute approximate surface area is 118 Å². The maximum atomic E-state index is 12.9. The van der Waals surface area contributed by atoms with Gasteiger partial charge in [0.05, 0.1) is 10.2 Å². The average Bonchev–Trinajstić information content (AvgIpc) is 2.89. The van der Waals surface area contributed by atoms with E-state index in [1.165, 1.54) is 23.5 Å². The molecule has 0 atom stereocenters. The van der Waals surface area contributed by atoms with Gasteiger partial charge in [-0.25, -0.2) is 13.8 Å². The second-order valence-corrected chi connectivity index (χ2v) is 5.22. The number of thiazole rings is 1. The minimum Gasteiger partial charge on any atom is -0.491 e. The molecule has 1 heterocycles. The van der Waals surface area contributed by atoms with Crippen LogP contribution in [0.4, 0.5) is 8.78 Å². The molecular weight excluding hydrogens is 280 g/mol. The van der Waals surface area contributed by atoms with Gasteiger partial charge in [0.15, 0.2) is 0 Å². The number of alkyl halides is 1. The van der Waals surface area contributed by atoms with Crippen LogP contribution < -0.4 is 4.74 Å². The number of nitrogens with zero attached hydrogens (tertiary/aromatic N) is 1. The number of benzene rings is 2. The molecule has 3 aromatic rings. The van der Waals surface area contributed by atoms with Crippen LogP contribution >= 0.6 is 11.3 Å². The number of halogens is 2. The second kappa shape index (κ2) is 5.54. The molecule has 0 saturated carbocycles. The molecule has 0 amide bonds. The highest BCUT2D eigenvalue weighted by Crippen LogP contribution is 2.32. The molecule has 102 valence electrons. The van der Waals surface area contributed by atoms with E-state index in [0.29, 0.717) is 5.75 Å². The number of hydrogen-bond acceptors (Lipinski definition) is 3. The zero-order chi connectivity index (χ0) is 13.9. The summed E-state index contributed by atoms with van der Waals surface area (Å²) in [5.41, 5.74) is 1.72. The quantitative estimate of drug-likeness (QED) is 0.708. The Morgan fingerprint density at radius 2 is 1.90 bits per heavy atom. The lowest BCUT2D eigenvalue weighted by molar-refractivity contribution is 0.273. The van der Waals surface area contributed by atoms with E-state index < -0.39 is 6.67 Å². The van der Waals surface area contributed by atoms with Crippen molar-refractivity contribution in [1.82, 2.24) is 4.98 Å². The Bertz CT molecular complexity index is 724. The van der Waals surface area contributed by atoms with Gasteiger partial charge in [0.25, 0.3) is 0 Å². The van der Waals surface area contributed by atoms with Crippen molar-refractivity contribution < 1.29 is 13.5 Å². The zero-order valence-corrected chi connectivity index (χ0v) is 11.3. The first-order valence-corrected chi connectivity index (χ1v) is 6.93. The lowest BCUT2D eigenvalue weighted by Gasteiger charge is -2.01. The third kappa shape index (κ3) is 2.63. The van der Waals surface area contributed by atoms with E-state index in [1.54, 1.807) is 18.2 Å². The van der Waals surface area contributed by atoms with E-state index in [2.05, 4.69) is 4.98 Å². The van der Waals surface area contributed by atoms with Gasteiger partial charge in [-0.3, -0.25) is 0 Å². The molecule has 0 N–H and O–H groups in total. The monoisotopic (exact) mass is 291 g/mol. The summed E-state index contributed by atoms with van der Waals surface area (Å²) in [4.78, 5) is 4.50. The Morgan fingerprint density at radius 3 is 2.65 bits per heavy atom. The predicted octanol–water partition coefficient (Wildman–Crippen LogP) is 4.45. The molecule has 2 aromatic carbocycles. The van der Waals surface area contributed by atoms with E-state index in [0.717, 1.165) is 20.8 Å². The van der Waals surface area contributed by atoms with Gasteiger partial charge in [0.2, 0.25) is 0 Å². The Kier molecular flexibility index (Phi) is 3.60. The Morgan fingerprint density at radius 1 is 1.10 bits per heavy atom. The molecule has 0 radical (unpaired) electrons. The van der Waals surface area contributed by atoms with Crippen LogP contribution in [0.2, 0.25) is 0 Å². The van der Waals surface area contributed by atoms with Crippen molar-refractivity contribution in [3.05, 3.63) is 48.3 Å². The van der Waals surface area contributed by atoms with Gasteiger partial charge >= 0.3 is 0 Å². The van der Waals surface area contributed by atoms with Gasteiger partial charge in [-0.05, 0) is 42.5 Å². The molecule has 20 heavy (non-hydrogen) atoms. The minimum atomic E-state index is -0.512. The third-order valence-electron chi connectivity index (χ3n) is 2.80. The van der Waals surface area contributed by atoms with Crippen molar-refractivity contribution in [3.63, 3.8) is 0 Å². The van der Waals surface area contributed by atoms with Crippen LogP contribution in [-0.2, 0) is 0 Å². The number of rotatable bonds is 4. The van der Waals surface area contributed by atoms with Gasteiger partial charge in [-0.15, -0.1) is 11.3 Å². The molecule has 0 saturated heterocycles. The van der Waals surface area contributed by atoms with Crippen LogP contribution in [0.1, 0.15) is 0 Å². The van der Waals surface area contributed by atoms with Crippen LogP contribution in [-0.4, -0.2) is 18.3 Å². The average molecular weight is 291 g/mol. The van der Waals surface area contributed by atoms with Gasteiger partial charge in [0.1, 0.15) is 29.9 Å². The first-order chi connectivity index (χ1) is 9.76. The Balaban J connectivity index is 1.95. The SMILES string of the molecule is FCCOc1ccc2nc(-c3ccc(F)cc3)sc2c1. The van der Waals surface area contributed by atoms with Crippen molar-refractivity contribution >= 4 is 21.6 Å². The highest BCUT2D eigenvalue weighted by atomic mass is 32.1. The van der Waals surface area contributed by atoms with Crippen LogP contribution in [0.3, 0.4) is 0 Å². The summed E-state index contributed by atoms with van der Waals surface area (Å²) in [5.74, 6) is 0.362. The minimum absolute atomic E-state index is 0.0507. The summed E-state index contributed by atoms with van der Waals surface area (Å²) in [6.07, 6.45) is 0. The maximum Gasteiger partial charge on any atom is 0.124 e. The molecule has 5 heteroatoms.